The van der Waals surface area contributed by atoms with Crippen molar-refractivity contribution in [3.05, 3.63) is 45.2 Å². The monoisotopic (exact) mass is 266 g/mol. The van der Waals surface area contributed by atoms with E-state index in [0.29, 0.717) is 10.8 Å². The lowest BCUT2D eigenvalue weighted by atomic mass is 10.2. The largest absolute Gasteiger partial charge is 0.306 e. The summed E-state index contributed by atoms with van der Waals surface area (Å²) in [6.07, 6.45) is 2.41. The molecule has 88 valence electrons. The number of carbonyl (C=O) groups excluding carboxylic acids is 1. The normalized spacial score (nSPS) is 10.2. The van der Waals surface area contributed by atoms with Crippen LogP contribution < -0.4 is 5.32 Å². The number of hydrogen-bond acceptors (Lipinski definition) is 3. The molecule has 3 nitrogen and oxygen atoms in total. The van der Waals surface area contributed by atoms with Crippen molar-refractivity contribution in [1.29, 1.82) is 0 Å². The first-order valence-corrected chi connectivity index (χ1v) is 6.45. The molecule has 0 fully saturated rings. The van der Waals surface area contributed by atoms with Crippen molar-refractivity contribution in [3.8, 4) is 0 Å². The lowest BCUT2D eigenvalue weighted by Crippen LogP contribution is -2.12. The number of carbonyl (C=O) groups is 1. The van der Waals surface area contributed by atoms with Gasteiger partial charge in [0.25, 0.3) is 5.91 Å². The molecule has 2 aromatic heterocycles. The summed E-state index contributed by atoms with van der Waals surface area (Å²) in [5.41, 5.74) is 1.05. The number of amides is 1. The lowest BCUT2D eigenvalue weighted by molar-refractivity contribution is 0.102. The average Bonchev–Trinajstić information content (AvgIpc) is 2.77. The minimum Gasteiger partial charge on any atom is -0.306 e. The minimum absolute atomic E-state index is 0.133. The maximum atomic E-state index is 12.0. The summed E-state index contributed by atoms with van der Waals surface area (Å²) < 4.78 is 0. The molecule has 2 heterocycles. The summed E-state index contributed by atoms with van der Waals surface area (Å²) in [5, 5.41) is 5.20. The Kier molecular flexibility index (Phi) is 3.76. The Morgan fingerprint density at radius 1 is 1.53 bits per heavy atom. The van der Waals surface area contributed by atoms with Gasteiger partial charge in [-0.3, -0.25) is 4.79 Å². The van der Waals surface area contributed by atoms with Crippen molar-refractivity contribution in [1.82, 2.24) is 4.98 Å². The highest BCUT2D eigenvalue weighted by molar-refractivity contribution is 7.12. The van der Waals surface area contributed by atoms with Crippen LogP contribution in [-0.2, 0) is 6.42 Å². The molecule has 5 heteroatoms. The van der Waals surface area contributed by atoms with E-state index >= 15 is 0 Å². The lowest BCUT2D eigenvalue weighted by Gasteiger charge is -2.04. The number of hydrogen-bond donors (Lipinski definition) is 1. The standard InChI is InChI=1S/C12H11ClN2OS/c1-2-8-4-6-17-11(8)12(16)15-10-7-9(13)3-5-14-10/h3-7H,2H2,1H3,(H,14,15,16). The van der Waals surface area contributed by atoms with E-state index < -0.39 is 0 Å². The van der Waals surface area contributed by atoms with Crippen LogP contribution in [0, 0.1) is 0 Å². The third kappa shape index (κ3) is 2.84. The van der Waals surface area contributed by atoms with Crippen molar-refractivity contribution in [2.45, 2.75) is 13.3 Å². The second-order valence-corrected chi connectivity index (χ2v) is 4.79. The topological polar surface area (TPSA) is 42.0 Å². The van der Waals surface area contributed by atoms with Gasteiger partial charge in [-0.05, 0) is 35.6 Å². The van der Waals surface area contributed by atoms with Gasteiger partial charge in [-0.25, -0.2) is 4.98 Å². The van der Waals surface area contributed by atoms with Crippen LogP contribution in [0.2, 0.25) is 5.02 Å². The molecule has 1 amide bonds. The number of pyridine rings is 1. The molecule has 0 unspecified atom stereocenters. The molecular weight excluding hydrogens is 256 g/mol. The second kappa shape index (κ2) is 5.29. The summed E-state index contributed by atoms with van der Waals surface area (Å²) in [6, 6.07) is 5.25. The number of nitrogens with one attached hydrogen (secondary N) is 1. The first kappa shape index (κ1) is 12.1. The number of aryl methyl sites for hydroxylation is 1. The van der Waals surface area contributed by atoms with Gasteiger partial charge in [0.1, 0.15) is 5.82 Å². The van der Waals surface area contributed by atoms with Crippen molar-refractivity contribution < 1.29 is 4.79 Å². The fourth-order valence-electron chi connectivity index (χ4n) is 1.46. The first-order chi connectivity index (χ1) is 8.20. The maximum Gasteiger partial charge on any atom is 0.267 e. The summed E-state index contributed by atoms with van der Waals surface area (Å²) >= 11 is 7.26. The Morgan fingerprint density at radius 3 is 3.06 bits per heavy atom. The summed E-state index contributed by atoms with van der Waals surface area (Å²) in [7, 11) is 0. The zero-order valence-electron chi connectivity index (χ0n) is 9.24. The fourth-order valence-corrected chi connectivity index (χ4v) is 2.51. The number of nitrogens with zero attached hydrogens (tertiary/aromatic N) is 1. The van der Waals surface area contributed by atoms with Crippen LogP contribution in [-0.4, -0.2) is 10.9 Å². The Balaban J connectivity index is 2.17. The zero-order valence-corrected chi connectivity index (χ0v) is 10.8. The van der Waals surface area contributed by atoms with Gasteiger partial charge < -0.3 is 5.32 Å². The van der Waals surface area contributed by atoms with Crippen LogP contribution in [0.25, 0.3) is 0 Å². The van der Waals surface area contributed by atoms with Gasteiger partial charge in [-0.1, -0.05) is 18.5 Å². The second-order valence-electron chi connectivity index (χ2n) is 3.44. The quantitative estimate of drug-likeness (QED) is 0.922. The highest BCUT2D eigenvalue weighted by Gasteiger charge is 2.12. The molecule has 0 aliphatic rings. The van der Waals surface area contributed by atoms with Gasteiger partial charge in [0.05, 0.1) is 4.88 Å². The van der Waals surface area contributed by atoms with Crippen molar-refractivity contribution in [2.75, 3.05) is 5.32 Å². The molecule has 2 aromatic rings. The van der Waals surface area contributed by atoms with E-state index in [4.69, 9.17) is 11.6 Å². The van der Waals surface area contributed by atoms with Crippen LogP contribution in [0.15, 0.2) is 29.8 Å². The number of anilines is 1. The van der Waals surface area contributed by atoms with Crippen LogP contribution in [0.3, 0.4) is 0 Å². The maximum absolute atomic E-state index is 12.0. The predicted octanol–water partition coefficient (Wildman–Crippen LogP) is 3.61. The molecule has 17 heavy (non-hydrogen) atoms. The highest BCUT2D eigenvalue weighted by atomic mass is 35.5. The number of rotatable bonds is 3. The van der Waals surface area contributed by atoms with Crippen LogP contribution in [0.4, 0.5) is 5.82 Å². The molecule has 0 atom stereocenters. The summed E-state index contributed by atoms with van der Waals surface area (Å²) in [4.78, 5) is 16.7. The molecule has 0 radical (unpaired) electrons. The van der Waals surface area contributed by atoms with Crippen molar-refractivity contribution in [2.24, 2.45) is 0 Å². The Hall–Kier alpha value is -1.39. The van der Waals surface area contributed by atoms with E-state index in [1.165, 1.54) is 11.3 Å². The average molecular weight is 267 g/mol. The van der Waals surface area contributed by atoms with Crippen LogP contribution in [0.5, 0.6) is 0 Å². The first-order valence-electron chi connectivity index (χ1n) is 5.20. The van der Waals surface area contributed by atoms with Crippen molar-refractivity contribution >= 4 is 34.7 Å². The van der Waals surface area contributed by atoms with Gasteiger partial charge >= 0.3 is 0 Å². The number of halogens is 1. The van der Waals surface area contributed by atoms with E-state index in [2.05, 4.69) is 10.3 Å². The third-order valence-electron chi connectivity index (χ3n) is 2.30. The van der Waals surface area contributed by atoms with E-state index in [-0.39, 0.29) is 5.91 Å². The predicted molar refractivity (Wildman–Crippen MR) is 70.9 cm³/mol. The summed E-state index contributed by atoms with van der Waals surface area (Å²) in [5.74, 6) is 0.338. The van der Waals surface area contributed by atoms with E-state index in [1.807, 2.05) is 18.4 Å². The SMILES string of the molecule is CCc1ccsc1C(=O)Nc1cc(Cl)ccn1. The molecule has 0 saturated heterocycles. The Morgan fingerprint density at radius 2 is 2.35 bits per heavy atom. The van der Waals surface area contributed by atoms with E-state index in [0.717, 1.165) is 16.9 Å². The molecular formula is C12H11ClN2OS. The van der Waals surface area contributed by atoms with Gasteiger partial charge in [0, 0.05) is 11.2 Å². The van der Waals surface area contributed by atoms with Gasteiger partial charge in [-0.2, -0.15) is 0 Å². The van der Waals surface area contributed by atoms with Crippen LogP contribution >= 0.6 is 22.9 Å². The van der Waals surface area contributed by atoms with E-state index in [1.54, 1.807) is 18.3 Å². The number of thiophene rings is 1. The Bertz CT molecular complexity index is 539. The molecule has 0 bridgehead atoms. The minimum atomic E-state index is -0.133. The molecule has 2 rings (SSSR count). The zero-order chi connectivity index (χ0) is 12.3. The highest BCUT2D eigenvalue weighted by Crippen LogP contribution is 2.19. The molecule has 0 aliphatic heterocycles. The molecule has 0 spiro atoms. The molecule has 1 N–H and O–H groups in total. The van der Waals surface area contributed by atoms with Crippen LogP contribution in [0.1, 0.15) is 22.2 Å². The van der Waals surface area contributed by atoms with Gasteiger partial charge in [0.15, 0.2) is 0 Å². The fraction of sp³-hybridized carbons (Fsp3) is 0.167. The molecule has 0 aromatic carbocycles. The number of aromatic nitrogens is 1. The van der Waals surface area contributed by atoms with Gasteiger partial charge in [-0.15, -0.1) is 11.3 Å². The van der Waals surface area contributed by atoms with E-state index in [9.17, 15) is 4.79 Å². The third-order valence-corrected chi connectivity index (χ3v) is 3.49. The Labute approximate surface area is 108 Å². The smallest absolute Gasteiger partial charge is 0.267 e. The van der Waals surface area contributed by atoms with Gasteiger partial charge in [0.2, 0.25) is 0 Å². The molecule has 0 saturated carbocycles. The summed E-state index contributed by atoms with van der Waals surface area (Å²) in [6.45, 7) is 2.02. The molecule has 0 aliphatic carbocycles. The van der Waals surface area contributed by atoms with Crippen molar-refractivity contribution in [3.63, 3.8) is 0 Å².